The number of benzene rings is 2. The summed E-state index contributed by atoms with van der Waals surface area (Å²) in [6.45, 7) is 7.78. The molecule has 0 fully saturated rings. The van der Waals surface area contributed by atoms with Crippen molar-refractivity contribution in [2.75, 3.05) is 10.6 Å². The van der Waals surface area contributed by atoms with E-state index in [0.29, 0.717) is 23.1 Å². The van der Waals surface area contributed by atoms with E-state index in [-0.39, 0.29) is 17.4 Å². The number of Topliss-reactive ketones (excluding diaryl/α,β-unsaturated/α-hetero) is 1. The minimum atomic E-state index is -0.347. The Bertz CT molecular complexity index is 1040. The summed E-state index contributed by atoms with van der Waals surface area (Å²) < 4.78 is 0. The van der Waals surface area contributed by atoms with E-state index in [2.05, 4.69) is 40.5 Å². The molecule has 0 aliphatic rings. The van der Waals surface area contributed by atoms with Crippen molar-refractivity contribution < 1.29 is 9.59 Å². The molecule has 0 atom stereocenters. The van der Waals surface area contributed by atoms with Crippen LogP contribution in [0.5, 0.6) is 0 Å². The molecule has 148 valence electrons. The molecule has 0 saturated heterocycles. The minimum Gasteiger partial charge on any atom is -0.324 e. The van der Waals surface area contributed by atoms with Gasteiger partial charge in [-0.1, -0.05) is 32.0 Å². The molecule has 6 heteroatoms. The first-order chi connectivity index (χ1) is 13.8. The molecular weight excluding hydrogens is 364 g/mol. The minimum absolute atomic E-state index is 0.0219. The molecule has 0 aliphatic carbocycles. The maximum absolute atomic E-state index is 12.6. The second-order valence-electron chi connectivity index (χ2n) is 7.17. The van der Waals surface area contributed by atoms with Crippen molar-refractivity contribution in [3.8, 4) is 0 Å². The topological polar surface area (TPSA) is 84.0 Å². The lowest BCUT2D eigenvalue weighted by atomic mass is 9.98. The van der Waals surface area contributed by atoms with Crippen LogP contribution >= 0.6 is 0 Å². The Morgan fingerprint density at radius 1 is 1.00 bits per heavy atom. The highest BCUT2D eigenvalue weighted by Gasteiger charge is 2.13. The van der Waals surface area contributed by atoms with Crippen LogP contribution < -0.4 is 10.6 Å². The van der Waals surface area contributed by atoms with E-state index in [0.717, 1.165) is 16.8 Å². The van der Waals surface area contributed by atoms with Crippen molar-refractivity contribution in [3.63, 3.8) is 0 Å². The van der Waals surface area contributed by atoms with Crippen molar-refractivity contribution in [2.24, 2.45) is 0 Å². The van der Waals surface area contributed by atoms with E-state index in [4.69, 9.17) is 0 Å². The Hall–Kier alpha value is -3.54. The van der Waals surface area contributed by atoms with Crippen LogP contribution in [0.4, 0.5) is 17.3 Å². The summed E-state index contributed by atoms with van der Waals surface area (Å²) in [5.41, 5.74) is 4.64. The number of nitrogens with one attached hydrogen (secondary N) is 2. The number of aromatic nitrogens is 2. The fourth-order valence-corrected chi connectivity index (χ4v) is 2.98. The number of ketones is 1. The largest absolute Gasteiger partial charge is 0.324 e. The highest BCUT2D eigenvalue weighted by Crippen LogP contribution is 2.29. The Labute approximate surface area is 170 Å². The lowest BCUT2D eigenvalue weighted by Gasteiger charge is -2.16. The third kappa shape index (κ3) is 4.85. The number of carbonyl (C=O) groups is 2. The third-order valence-corrected chi connectivity index (χ3v) is 4.60. The van der Waals surface area contributed by atoms with Gasteiger partial charge >= 0.3 is 0 Å². The van der Waals surface area contributed by atoms with Gasteiger partial charge in [-0.25, -0.2) is 9.97 Å². The van der Waals surface area contributed by atoms with Crippen LogP contribution in [0.1, 0.15) is 58.7 Å². The molecule has 29 heavy (non-hydrogen) atoms. The SMILES string of the molecule is CC(=O)c1ccc(NC(=O)c2ccnc(Nc3c(C)cccc3C(C)C)n2)cc1. The van der Waals surface area contributed by atoms with Gasteiger partial charge in [-0.15, -0.1) is 0 Å². The highest BCUT2D eigenvalue weighted by atomic mass is 16.2. The molecule has 3 rings (SSSR count). The molecule has 2 N–H and O–H groups in total. The highest BCUT2D eigenvalue weighted by molar-refractivity contribution is 6.03. The normalized spacial score (nSPS) is 10.7. The predicted molar refractivity (Wildman–Crippen MR) is 115 cm³/mol. The van der Waals surface area contributed by atoms with E-state index in [1.54, 1.807) is 36.5 Å². The molecule has 1 heterocycles. The second-order valence-corrected chi connectivity index (χ2v) is 7.17. The molecule has 0 bridgehead atoms. The number of rotatable bonds is 6. The Kier molecular flexibility index (Phi) is 6.02. The second kappa shape index (κ2) is 8.65. The summed E-state index contributed by atoms with van der Waals surface area (Å²) >= 11 is 0. The monoisotopic (exact) mass is 388 g/mol. The first-order valence-corrected chi connectivity index (χ1v) is 9.47. The summed E-state index contributed by atoms with van der Waals surface area (Å²) in [6, 6.07) is 14.4. The summed E-state index contributed by atoms with van der Waals surface area (Å²) in [5, 5.41) is 6.05. The molecule has 2 aromatic carbocycles. The molecule has 0 radical (unpaired) electrons. The lowest BCUT2D eigenvalue weighted by Crippen LogP contribution is -2.15. The van der Waals surface area contributed by atoms with Gasteiger partial charge in [0.2, 0.25) is 5.95 Å². The Morgan fingerprint density at radius 3 is 2.38 bits per heavy atom. The quantitative estimate of drug-likeness (QED) is 0.574. The maximum atomic E-state index is 12.6. The number of hydrogen-bond acceptors (Lipinski definition) is 5. The summed E-state index contributed by atoms with van der Waals surface area (Å²) in [7, 11) is 0. The van der Waals surface area contributed by atoms with Crippen LogP contribution in [-0.2, 0) is 0 Å². The molecule has 0 saturated carbocycles. The van der Waals surface area contributed by atoms with Gasteiger partial charge in [0.15, 0.2) is 5.78 Å². The van der Waals surface area contributed by atoms with Gasteiger partial charge in [-0.05, 0) is 61.2 Å². The van der Waals surface area contributed by atoms with Crippen LogP contribution in [0.3, 0.4) is 0 Å². The average molecular weight is 388 g/mol. The first-order valence-electron chi connectivity index (χ1n) is 9.47. The van der Waals surface area contributed by atoms with Gasteiger partial charge in [0.25, 0.3) is 5.91 Å². The van der Waals surface area contributed by atoms with Gasteiger partial charge in [0.05, 0.1) is 0 Å². The fraction of sp³-hybridized carbons (Fsp3) is 0.217. The maximum Gasteiger partial charge on any atom is 0.274 e. The van der Waals surface area contributed by atoms with E-state index in [1.807, 2.05) is 19.1 Å². The number of nitrogens with zero attached hydrogens (tertiary/aromatic N) is 2. The first kappa shape index (κ1) is 20.2. The molecule has 1 aromatic heterocycles. The molecule has 3 aromatic rings. The number of carbonyl (C=O) groups excluding carboxylic acids is 2. The third-order valence-electron chi connectivity index (χ3n) is 4.60. The van der Waals surface area contributed by atoms with Gasteiger partial charge in [0.1, 0.15) is 5.69 Å². The zero-order valence-electron chi connectivity index (χ0n) is 17.0. The number of aryl methyl sites for hydroxylation is 1. The number of anilines is 3. The van der Waals surface area contributed by atoms with E-state index >= 15 is 0 Å². The van der Waals surface area contributed by atoms with Crippen LogP contribution in [0.15, 0.2) is 54.7 Å². The Morgan fingerprint density at radius 2 is 1.72 bits per heavy atom. The standard InChI is InChI=1S/C23H24N4O2/c1-14(2)19-7-5-6-15(3)21(19)27-23-24-13-12-20(26-23)22(29)25-18-10-8-17(9-11-18)16(4)28/h5-14H,1-4H3,(H,25,29)(H,24,26,27). The Balaban J connectivity index is 1.79. The number of hydrogen-bond donors (Lipinski definition) is 2. The lowest BCUT2D eigenvalue weighted by molar-refractivity contribution is 0.101. The number of amides is 1. The zero-order chi connectivity index (χ0) is 21.0. The average Bonchev–Trinajstić information content (AvgIpc) is 2.70. The molecule has 1 amide bonds. The zero-order valence-corrected chi connectivity index (χ0v) is 17.0. The van der Waals surface area contributed by atoms with E-state index in [9.17, 15) is 9.59 Å². The molecule has 0 aliphatic heterocycles. The van der Waals surface area contributed by atoms with Gasteiger partial charge < -0.3 is 10.6 Å². The van der Waals surface area contributed by atoms with Crippen molar-refractivity contribution in [1.82, 2.24) is 9.97 Å². The van der Waals surface area contributed by atoms with Crippen LogP contribution in [0, 0.1) is 6.92 Å². The van der Waals surface area contributed by atoms with E-state index < -0.39 is 0 Å². The summed E-state index contributed by atoms with van der Waals surface area (Å²) in [4.78, 5) is 32.6. The van der Waals surface area contributed by atoms with Crippen molar-refractivity contribution in [3.05, 3.63) is 77.1 Å². The van der Waals surface area contributed by atoms with Crippen molar-refractivity contribution in [1.29, 1.82) is 0 Å². The van der Waals surface area contributed by atoms with Crippen LogP contribution in [-0.4, -0.2) is 21.7 Å². The van der Waals surface area contributed by atoms with Gasteiger partial charge in [-0.3, -0.25) is 9.59 Å². The smallest absolute Gasteiger partial charge is 0.274 e. The van der Waals surface area contributed by atoms with Gasteiger partial charge in [0, 0.05) is 23.1 Å². The number of para-hydroxylation sites is 1. The van der Waals surface area contributed by atoms with Gasteiger partial charge in [-0.2, -0.15) is 0 Å². The molecule has 6 nitrogen and oxygen atoms in total. The molecule has 0 unspecified atom stereocenters. The summed E-state index contributed by atoms with van der Waals surface area (Å²) in [5.74, 6) is 0.328. The van der Waals surface area contributed by atoms with Crippen LogP contribution in [0.25, 0.3) is 0 Å². The fourth-order valence-electron chi connectivity index (χ4n) is 2.98. The molecule has 0 spiro atoms. The predicted octanol–water partition coefficient (Wildman–Crippen LogP) is 5.11. The van der Waals surface area contributed by atoms with Crippen LogP contribution in [0.2, 0.25) is 0 Å². The van der Waals surface area contributed by atoms with E-state index in [1.165, 1.54) is 6.92 Å². The van der Waals surface area contributed by atoms with Crippen molar-refractivity contribution >= 4 is 29.0 Å². The summed E-state index contributed by atoms with van der Waals surface area (Å²) in [6.07, 6.45) is 1.55. The van der Waals surface area contributed by atoms with Crippen molar-refractivity contribution in [2.45, 2.75) is 33.6 Å². The molecular formula is C23H24N4O2.